The molecule has 2 unspecified atom stereocenters. The molecule has 22 heavy (non-hydrogen) atoms. The van der Waals surface area contributed by atoms with Crippen LogP contribution in [0.15, 0.2) is 17.5 Å². The average molecular weight is 324 g/mol. The predicted molar refractivity (Wildman–Crippen MR) is 87.2 cm³/mol. The topological polar surface area (TPSA) is 58.6 Å². The van der Waals surface area contributed by atoms with Crippen molar-refractivity contribution in [3.8, 4) is 0 Å². The fourth-order valence-electron chi connectivity index (χ4n) is 2.65. The average Bonchev–Trinajstić information content (AvgIpc) is 2.88. The molecule has 0 spiro atoms. The molecule has 2 amide bonds. The van der Waals surface area contributed by atoms with Crippen molar-refractivity contribution in [2.75, 3.05) is 13.1 Å². The van der Waals surface area contributed by atoms with Crippen molar-refractivity contribution < 1.29 is 14.3 Å². The van der Waals surface area contributed by atoms with E-state index in [2.05, 4.69) is 12.2 Å². The van der Waals surface area contributed by atoms with Gasteiger partial charge >= 0.3 is 6.09 Å². The molecule has 1 saturated heterocycles. The van der Waals surface area contributed by atoms with Gasteiger partial charge in [-0.05, 0) is 44.6 Å². The van der Waals surface area contributed by atoms with E-state index in [1.165, 1.54) is 11.3 Å². The van der Waals surface area contributed by atoms with E-state index >= 15 is 0 Å². The van der Waals surface area contributed by atoms with Crippen LogP contribution in [-0.2, 0) is 4.74 Å². The highest BCUT2D eigenvalue weighted by molar-refractivity contribution is 7.12. The van der Waals surface area contributed by atoms with E-state index in [9.17, 15) is 9.59 Å². The Bertz CT molecular complexity index is 522. The normalized spacial score (nSPS) is 22.3. The smallest absolute Gasteiger partial charge is 0.407 e. The third-order valence-corrected chi connectivity index (χ3v) is 4.26. The highest BCUT2D eigenvalue weighted by Crippen LogP contribution is 2.21. The number of piperidine rings is 1. The number of carbonyl (C=O) groups excluding carboxylic acids is 2. The first kappa shape index (κ1) is 16.8. The van der Waals surface area contributed by atoms with E-state index in [0.29, 0.717) is 12.5 Å². The summed E-state index contributed by atoms with van der Waals surface area (Å²) in [5, 5.41) is 4.78. The minimum absolute atomic E-state index is 0.0394. The first-order chi connectivity index (χ1) is 10.2. The quantitative estimate of drug-likeness (QED) is 0.909. The number of likely N-dealkylation sites (tertiary alicyclic amines) is 1. The molecule has 5 nitrogen and oxygen atoms in total. The number of alkyl carbamates (subject to hydrolysis) is 1. The minimum atomic E-state index is -0.517. The molecule has 2 heterocycles. The van der Waals surface area contributed by atoms with Gasteiger partial charge in [0.15, 0.2) is 0 Å². The summed E-state index contributed by atoms with van der Waals surface area (Å²) in [5.41, 5.74) is -0.517. The van der Waals surface area contributed by atoms with Crippen LogP contribution in [-0.4, -0.2) is 41.6 Å². The second-order valence-electron chi connectivity index (χ2n) is 6.87. The first-order valence-corrected chi connectivity index (χ1v) is 8.45. The molecule has 0 bridgehead atoms. The third kappa shape index (κ3) is 4.73. The van der Waals surface area contributed by atoms with Crippen molar-refractivity contribution in [3.63, 3.8) is 0 Å². The van der Waals surface area contributed by atoms with Gasteiger partial charge in [-0.25, -0.2) is 4.79 Å². The van der Waals surface area contributed by atoms with E-state index in [0.717, 1.165) is 17.8 Å². The van der Waals surface area contributed by atoms with Crippen molar-refractivity contribution >= 4 is 23.3 Å². The zero-order valence-corrected chi connectivity index (χ0v) is 14.4. The van der Waals surface area contributed by atoms with Crippen molar-refractivity contribution in [3.05, 3.63) is 22.4 Å². The van der Waals surface area contributed by atoms with E-state index < -0.39 is 11.7 Å². The van der Waals surface area contributed by atoms with Gasteiger partial charge in [-0.15, -0.1) is 11.3 Å². The lowest BCUT2D eigenvalue weighted by atomic mass is 9.96. The highest BCUT2D eigenvalue weighted by Gasteiger charge is 2.30. The number of amides is 2. The van der Waals surface area contributed by atoms with Crippen LogP contribution in [0.25, 0.3) is 0 Å². The van der Waals surface area contributed by atoms with Crippen LogP contribution in [0.1, 0.15) is 43.8 Å². The Kier molecular flexibility index (Phi) is 5.11. The second kappa shape index (κ2) is 6.69. The number of ether oxygens (including phenoxy) is 1. The predicted octanol–water partition coefficient (Wildman–Crippen LogP) is 3.12. The van der Waals surface area contributed by atoms with E-state index in [1.54, 1.807) is 0 Å². The van der Waals surface area contributed by atoms with Crippen LogP contribution in [0.5, 0.6) is 0 Å². The van der Waals surface area contributed by atoms with Crippen LogP contribution in [0.4, 0.5) is 4.79 Å². The maximum atomic E-state index is 12.5. The van der Waals surface area contributed by atoms with Gasteiger partial charge in [0.1, 0.15) is 5.60 Å². The van der Waals surface area contributed by atoms with E-state index in [1.807, 2.05) is 43.2 Å². The molecule has 1 fully saturated rings. The van der Waals surface area contributed by atoms with Crippen LogP contribution in [0.2, 0.25) is 0 Å². The van der Waals surface area contributed by atoms with Crippen molar-refractivity contribution in [1.82, 2.24) is 10.2 Å². The van der Waals surface area contributed by atoms with Gasteiger partial charge in [0.25, 0.3) is 5.91 Å². The zero-order chi connectivity index (χ0) is 16.3. The fourth-order valence-corrected chi connectivity index (χ4v) is 3.34. The van der Waals surface area contributed by atoms with Crippen LogP contribution in [0, 0.1) is 5.92 Å². The zero-order valence-electron chi connectivity index (χ0n) is 13.6. The van der Waals surface area contributed by atoms with E-state index in [4.69, 9.17) is 4.74 Å². The monoisotopic (exact) mass is 324 g/mol. The lowest BCUT2D eigenvalue weighted by Crippen LogP contribution is -2.52. The lowest BCUT2D eigenvalue weighted by molar-refractivity contribution is 0.0426. The third-order valence-electron chi connectivity index (χ3n) is 3.40. The highest BCUT2D eigenvalue weighted by atomic mass is 32.1. The molecule has 1 N–H and O–H groups in total. The Hall–Kier alpha value is -1.56. The van der Waals surface area contributed by atoms with Gasteiger partial charge in [0, 0.05) is 13.1 Å². The molecule has 1 aliphatic heterocycles. The van der Waals surface area contributed by atoms with Gasteiger partial charge in [0.2, 0.25) is 0 Å². The maximum absolute atomic E-state index is 12.5. The maximum Gasteiger partial charge on any atom is 0.407 e. The molecule has 0 radical (unpaired) electrons. The lowest BCUT2D eigenvalue weighted by Gasteiger charge is -2.36. The summed E-state index contributed by atoms with van der Waals surface area (Å²) >= 11 is 1.45. The fraction of sp³-hybridized carbons (Fsp3) is 0.625. The van der Waals surface area contributed by atoms with Crippen molar-refractivity contribution in [1.29, 1.82) is 0 Å². The van der Waals surface area contributed by atoms with Gasteiger partial charge in [-0.3, -0.25) is 4.79 Å². The van der Waals surface area contributed by atoms with E-state index in [-0.39, 0.29) is 11.9 Å². The molecule has 2 rings (SSSR count). The molecular weight excluding hydrogens is 300 g/mol. The number of thiophene rings is 1. The molecule has 0 saturated carbocycles. The number of carbonyl (C=O) groups is 2. The van der Waals surface area contributed by atoms with Crippen molar-refractivity contribution in [2.45, 2.75) is 45.8 Å². The summed E-state index contributed by atoms with van der Waals surface area (Å²) in [6, 6.07) is 3.65. The SMILES string of the molecule is CC1CC(NC(=O)OC(C)(C)C)CN(C(=O)c2cccs2)C1. The molecule has 0 aliphatic carbocycles. The molecule has 2 atom stereocenters. The molecule has 6 heteroatoms. The largest absolute Gasteiger partial charge is 0.444 e. The number of rotatable bonds is 2. The Morgan fingerprint density at radius 2 is 2.09 bits per heavy atom. The standard InChI is InChI=1S/C16H24N2O3S/c1-11-8-12(17-15(20)21-16(2,3)4)10-18(9-11)14(19)13-6-5-7-22-13/h5-7,11-12H,8-10H2,1-4H3,(H,17,20). The Morgan fingerprint density at radius 1 is 1.36 bits per heavy atom. The second-order valence-corrected chi connectivity index (χ2v) is 7.82. The van der Waals surface area contributed by atoms with Crippen LogP contribution in [0.3, 0.4) is 0 Å². The van der Waals surface area contributed by atoms with Crippen LogP contribution >= 0.6 is 11.3 Å². The molecule has 1 aromatic heterocycles. The molecule has 122 valence electrons. The molecule has 0 aromatic carbocycles. The number of hydrogen-bond acceptors (Lipinski definition) is 4. The summed E-state index contributed by atoms with van der Waals surface area (Å²) in [5.74, 6) is 0.384. The first-order valence-electron chi connectivity index (χ1n) is 7.57. The minimum Gasteiger partial charge on any atom is -0.444 e. The number of nitrogens with zero attached hydrogens (tertiary/aromatic N) is 1. The van der Waals surface area contributed by atoms with Gasteiger partial charge < -0.3 is 15.0 Å². The summed E-state index contributed by atoms with van der Waals surface area (Å²) in [7, 11) is 0. The molecular formula is C16H24N2O3S. The summed E-state index contributed by atoms with van der Waals surface area (Å²) < 4.78 is 5.29. The Morgan fingerprint density at radius 3 is 2.68 bits per heavy atom. The number of nitrogens with one attached hydrogen (secondary N) is 1. The number of hydrogen-bond donors (Lipinski definition) is 1. The van der Waals surface area contributed by atoms with Gasteiger partial charge in [-0.2, -0.15) is 0 Å². The van der Waals surface area contributed by atoms with Crippen molar-refractivity contribution in [2.24, 2.45) is 5.92 Å². The Balaban J connectivity index is 1.96. The van der Waals surface area contributed by atoms with Gasteiger partial charge in [-0.1, -0.05) is 13.0 Å². The van der Waals surface area contributed by atoms with Gasteiger partial charge in [0.05, 0.1) is 10.9 Å². The molecule has 1 aliphatic rings. The summed E-state index contributed by atoms with van der Waals surface area (Å²) in [6.07, 6.45) is 0.433. The summed E-state index contributed by atoms with van der Waals surface area (Å²) in [4.78, 5) is 26.9. The van der Waals surface area contributed by atoms with Crippen LogP contribution < -0.4 is 5.32 Å². The summed E-state index contributed by atoms with van der Waals surface area (Å²) in [6.45, 7) is 8.86. The molecule has 1 aromatic rings. The Labute approximate surface area is 135 Å².